The van der Waals surface area contributed by atoms with Gasteiger partial charge in [0.05, 0.1) is 18.8 Å². The van der Waals surface area contributed by atoms with Crippen LogP contribution in [0.25, 0.3) is 0 Å². The summed E-state index contributed by atoms with van der Waals surface area (Å²) in [5, 5.41) is 23.4. The molecule has 0 fully saturated rings. The molecule has 0 bridgehead atoms. The summed E-state index contributed by atoms with van der Waals surface area (Å²) in [5.41, 5.74) is 0. The molecule has 4 heteroatoms. The minimum atomic E-state index is -0.658. The lowest BCUT2D eigenvalue weighted by molar-refractivity contribution is -0.123. The van der Waals surface area contributed by atoms with E-state index < -0.39 is 12.1 Å². The summed E-state index contributed by atoms with van der Waals surface area (Å²) in [6.45, 7) is 4.28. The highest BCUT2D eigenvalue weighted by Crippen LogP contribution is 2.18. The molecule has 2 atom stereocenters. The van der Waals surface area contributed by atoms with E-state index in [4.69, 9.17) is 0 Å². The first kappa shape index (κ1) is 65.3. The summed E-state index contributed by atoms with van der Waals surface area (Å²) in [6.07, 6.45) is 81.3. The molecule has 1 amide bonds. The molecule has 3 N–H and O–H groups in total. The van der Waals surface area contributed by atoms with Crippen molar-refractivity contribution in [1.82, 2.24) is 5.32 Å². The Bertz CT molecular complexity index is 1060. The second kappa shape index (κ2) is 58.7. The maximum Gasteiger partial charge on any atom is 0.220 e. The molecule has 0 aliphatic heterocycles. The van der Waals surface area contributed by atoms with Crippen LogP contribution in [-0.4, -0.2) is 34.9 Å². The molecular weight excluding hydrogens is 819 g/mol. The molecule has 0 aromatic rings. The fourth-order valence-electron chi connectivity index (χ4n) is 9.53. The van der Waals surface area contributed by atoms with E-state index in [1.165, 1.54) is 250 Å². The maximum absolute atomic E-state index is 12.5. The van der Waals surface area contributed by atoms with Crippen LogP contribution in [0, 0.1) is 0 Å². The Kier molecular flexibility index (Phi) is 57.2. The average molecular weight is 939 g/mol. The predicted octanol–water partition coefficient (Wildman–Crippen LogP) is 20.2. The Balaban J connectivity index is 3.39. The van der Waals surface area contributed by atoms with E-state index in [1.807, 2.05) is 0 Å². The molecule has 0 aromatic heterocycles. The number of allylic oxidation sites excluding steroid dienone is 8. The molecule has 0 aliphatic rings. The van der Waals surface area contributed by atoms with Crippen LogP contribution in [0.1, 0.15) is 328 Å². The van der Waals surface area contributed by atoms with Gasteiger partial charge in [-0.25, -0.2) is 0 Å². The number of rotatable bonds is 56. The van der Waals surface area contributed by atoms with Crippen molar-refractivity contribution in [2.24, 2.45) is 0 Å². The number of unbranched alkanes of at least 4 members (excludes halogenated alkanes) is 41. The first-order chi connectivity index (χ1) is 33.2. The quantitative estimate of drug-likeness (QED) is 0.0420. The number of amides is 1. The Morgan fingerprint density at radius 2 is 0.657 bits per heavy atom. The molecule has 0 aromatic carbocycles. The third-order valence-corrected chi connectivity index (χ3v) is 14.1. The molecule has 394 valence electrons. The first-order valence-electron chi connectivity index (χ1n) is 30.3. The summed E-state index contributed by atoms with van der Waals surface area (Å²) in [7, 11) is 0. The van der Waals surface area contributed by atoms with Crippen LogP contribution in [0.3, 0.4) is 0 Å². The summed E-state index contributed by atoms with van der Waals surface area (Å²) >= 11 is 0. The molecule has 0 radical (unpaired) electrons. The standard InChI is InChI=1S/C63H119NO3/c1-3-5-7-9-11-13-15-17-19-21-23-24-25-26-27-28-29-30-31-32-33-34-35-36-37-38-39-40-41-43-45-47-49-51-53-55-57-59-63(67)64-61(60-65)62(66)58-56-54-52-50-48-46-44-42-22-20-18-16-14-12-10-8-6-4-2/h5,7,11,13,17,19,23-24,61-62,65-66H,3-4,6,8-10,12,14-16,18,20-22,25-60H2,1-2H3,(H,64,67)/b7-5-,13-11-,19-17-,24-23-. The van der Waals surface area contributed by atoms with Gasteiger partial charge in [-0.3, -0.25) is 4.79 Å². The van der Waals surface area contributed by atoms with Crippen molar-refractivity contribution in [2.45, 2.75) is 341 Å². The number of hydrogen-bond acceptors (Lipinski definition) is 3. The minimum absolute atomic E-state index is 0.0249. The van der Waals surface area contributed by atoms with Gasteiger partial charge in [-0.15, -0.1) is 0 Å². The van der Waals surface area contributed by atoms with Gasteiger partial charge in [0.25, 0.3) is 0 Å². The zero-order valence-corrected chi connectivity index (χ0v) is 45.4. The Hall–Kier alpha value is -1.65. The molecule has 0 aliphatic carbocycles. The van der Waals surface area contributed by atoms with Gasteiger partial charge in [0, 0.05) is 6.42 Å². The number of carbonyl (C=O) groups excluding carboxylic acids is 1. The second-order valence-corrected chi connectivity index (χ2v) is 20.7. The zero-order valence-electron chi connectivity index (χ0n) is 45.4. The molecule has 4 nitrogen and oxygen atoms in total. The third kappa shape index (κ3) is 55.2. The third-order valence-electron chi connectivity index (χ3n) is 14.1. The predicted molar refractivity (Wildman–Crippen MR) is 299 cm³/mol. The van der Waals surface area contributed by atoms with Crippen molar-refractivity contribution >= 4 is 5.91 Å². The molecule has 0 spiro atoms. The molecular formula is C63H119NO3. The minimum Gasteiger partial charge on any atom is -0.394 e. The fraction of sp³-hybridized carbons (Fsp3) is 0.857. The number of aliphatic hydroxyl groups excluding tert-OH is 2. The van der Waals surface area contributed by atoms with Crippen molar-refractivity contribution < 1.29 is 15.0 Å². The SMILES string of the molecule is CC/C=C\C/C=C\C/C=C\C/C=C\CCCCCCCCCCCCCCCCCCCCCCCCCCC(=O)NC(CO)C(O)CCCCCCCCCCCCCCCCCCCC. The highest BCUT2D eigenvalue weighted by atomic mass is 16.3. The molecule has 0 heterocycles. The number of nitrogens with one attached hydrogen (secondary N) is 1. The van der Waals surface area contributed by atoms with E-state index in [-0.39, 0.29) is 12.5 Å². The highest BCUT2D eigenvalue weighted by molar-refractivity contribution is 5.76. The smallest absolute Gasteiger partial charge is 0.220 e. The Labute approximate surface area is 420 Å². The van der Waals surface area contributed by atoms with E-state index in [0.717, 1.165) is 51.4 Å². The van der Waals surface area contributed by atoms with Crippen molar-refractivity contribution in [2.75, 3.05) is 6.61 Å². The average Bonchev–Trinajstić information content (AvgIpc) is 3.33. The van der Waals surface area contributed by atoms with Crippen LogP contribution in [0.15, 0.2) is 48.6 Å². The van der Waals surface area contributed by atoms with Crippen LogP contribution >= 0.6 is 0 Å². The lowest BCUT2D eigenvalue weighted by Crippen LogP contribution is -2.45. The molecule has 0 rings (SSSR count). The number of carbonyl (C=O) groups is 1. The topological polar surface area (TPSA) is 69.6 Å². The fourth-order valence-corrected chi connectivity index (χ4v) is 9.53. The van der Waals surface area contributed by atoms with Gasteiger partial charge in [0.15, 0.2) is 0 Å². The molecule has 2 unspecified atom stereocenters. The summed E-state index contributed by atoms with van der Waals surface area (Å²) in [5.74, 6) is -0.0249. The molecule has 0 saturated carbocycles. The van der Waals surface area contributed by atoms with Crippen molar-refractivity contribution in [1.29, 1.82) is 0 Å². The van der Waals surface area contributed by atoms with Crippen molar-refractivity contribution in [3.8, 4) is 0 Å². The van der Waals surface area contributed by atoms with Crippen LogP contribution < -0.4 is 5.32 Å². The van der Waals surface area contributed by atoms with Crippen LogP contribution in [-0.2, 0) is 4.79 Å². The van der Waals surface area contributed by atoms with E-state index in [0.29, 0.717) is 12.8 Å². The Morgan fingerprint density at radius 1 is 0.373 bits per heavy atom. The van der Waals surface area contributed by atoms with Gasteiger partial charge in [-0.05, 0) is 51.4 Å². The van der Waals surface area contributed by atoms with Gasteiger partial charge in [0.2, 0.25) is 5.91 Å². The van der Waals surface area contributed by atoms with E-state index in [2.05, 4.69) is 67.8 Å². The highest BCUT2D eigenvalue weighted by Gasteiger charge is 2.20. The van der Waals surface area contributed by atoms with E-state index in [1.54, 1.807) is 0 Å². The second-order valence-electron chi connectivity index (χ2n) is 20.7. The summed E-state index contributed by atoms with van der Waals surface area (Å²) in [6, 6.07) is -0.535. The lowest BCUT2D eigenvalue weighted by Gasteiger charge is -2.22. The van der Waals surface area contributed by atoms with Gasteiger partial charge >= 0.3 is 0 Å². The number of aliphatic hydroxyl groups is 2. The van der Waals surface area contributed by atoms with Crippen LogP contribution in [0.4, 0.5) is 0 Å². The summed E-state index contributed by atoms with van der Waals surface area (Å²) in [4.78, 5) is 12.5. The molecule has 0 saturated heterocycles. The zero-order chi connectivity index (χ0) is 48.5. The largest absolute Gasteiger partial charge is 0.394 e. The maximum atomic E-state index is 12.5. The van der Waals surface area contributed by atoms with E-state index in [9.17, 15) is 15.0 Å². The lowest BCUT2D eigenvalue weighted by atomic mass is 10.0. The van der Waals surface area contributed by atoms with E-state index >= 15 is 0 Å². The summed E-state index contributed by atoms with van der Waals surface area (Å²) < 4.78 is 0. The van der Waals surface area contributed by atoms with Crippen LogP contribution in [0.2, 0.25) is 0 Å². The van der Waals surface area contributed by atoms with Crippen molar-refractivity contribution in [3.05, 3.63) is 48.6 Å². The monoisotopic (exact) mass is 938 g/mol. The normalized spacial score (nSPS) is 13.1. The molecule has 67 heavy (non-hydrogen) atoms. The van der Waals surface area contributed by atoms with Gasteiger partial charge in [-0.2, -0.15) is 0 Å². The number of hydrogen-bond donors (Lipinski definition) is 3. The van der Waals surface area contributed by atoms with Crippen molar-refractivity contribution in [3.63, 3.8) is 0 Å². The Morgan fingerprint density at radius 3 is 0.985 bits per heavy atom. The first-order valence-corrected chi connectivity index (χ1v) is 30.3. The van der Waals surface area contributed by atoms with Gasteiger partial charge < -0.3 is 15.5 Å². The van der Waals surface area contributed by atoms with Gasteiger partial charge in [-0.1, -0.05) is 319 Å². The van der Waals surface area contributed by atoms with Crippen LogP contribution in [0.5, 0.6) is 0 Å². The van der Waals surface area contributed by atoms with Gasteiger partial charge in [0.1, 0.15) is 0 Å².